The van der Waals surface area contributed by atoms with Crippen molar-refractivity contribution < 1.29 is 9.53 Å². The molecule has 0 aliphatic heterocycles. The molecule has 22 heavy (non-hydrogen) atoms. The summed E-state index contributed by atoms with van der Waals surface area (Å²) >= 11 is 0. The third kappa shape index (κ3) is 4.10. The summed E-state index contributed by atoms with van der Waals surface area (Å²) in [5.41, 5.74) is 1.85. The van der Waals surface area contributed by atoms with Crippen LogP contribution in [0.15, 0.2) is 54.6 Å². The molecule has 0 aliphatic rings. The molecule has 116 valence electrons. The van der Waals surface area contributed by atoms with Crippen LogP contribution in [0, 0.1) is 0 Å². The molecule has 1 N–H and O–H groups in total. The van der Waals surface area contributed by atoms with Gasteiger partial charge in [-0.25, -0.2) is 0 Å². The zero-order chi connectivity index (χ0) is 15.8. The maximum absolute atomic E-state index is 12.4. The molecule has 1 amide bonds. The number of benzene rings is 2. The van der Waals surface area contributed by atoms with Crippen LogP contribution in [0.25, 0.3) is 0 Å². The Balaban J connectivity index is 2.04. The number of rotatable bonds is 7. The summed E-state index contributed by atoms with van der Waals surface area (Å²) in [5.74, 6) is 0.853. The molecule has 3 heteroatoms. The van der Waals surface area contributed by atoms with Gasteiger partial charge in [-0.3, -0.25) is 4.79 Å². The van der Waals surface area contributed by atoms with E-state index in [0.717, 1.165) is 12.8 Å². The molecule has 0 saturated carbocycles. The summed E-state index contributed by atoms with van der Waals surface area (Å²) in [7, 11) is 1.58. The normalized spacial score (nSPS) is 11.7. The predicted octanol–water partition coefficient (Wildman–Crippen LogP) is 4.01. The maximum Gasteiger partial charge on any atom is 0.255 e. The smallest absolute Gasteiger partial charge is 0.255 e. The van der Waals surface area contributed by atoms with Gasteiger partial charge in [-0.2, -0.15) is 0 Å². The Labute approximate surface area is 132 Å². The molecule has 0 saturated heterocycles. The zero-order valence-electron chi connectivity index (χ0n) is 13.2. The average Bonchev–Trinajstić information content (AvgIpc) is 2.59. The lowest BCUT2D eigenvalue weighted by Crippen LogP contribution is -2.28. The van der Waals surface area contributed by atoms with Crippen LogP contribution in [0.3, 0.4) is 0 Å². The maximum atomic E-state index is 12.4. The third-order valence-corrected chi connectivity index (χ3v) is 3.77. The van der Waals surface area contributed by atoms with E-state index in [1.165, 1.54) is 5.56 Å². The number of amides is 1. The third-order valence-electron chi connectivity index (χ3n) is 3.77. The molecule has 2 aromatic carbocycles. The number of nitrogens with one attached hydrogen (secondary N) is 1. The van der Waals surface area contributed by atoms with Crippen molar-refractivity contribution in [2.24, 2.45) is 0 Å². The second-order valence-electron chi connectivity index (χ2n) is 5.31. The molecule has 2 rings (SSSR count). The van der Waals surface area contributed by atoms with E-state index in [2.05, 4.69) is 24.4 Å². The Morgan fingerprint density at radius 3 is 2.45 bits per heavy atom. The van der Waals surface area contributed by atoms with Crippen molar-refractivity contribution in [1.82, 2.24) is 5.32 Å². The number of hydrogen-bond donors (Lipinski definition) is 1. The van der Waals surface area contributed by atoms with Gasteiger partial charge in [0, 0.05) is 12.5 Å². The number of ether oxygens (including phenoxy) is 1. The van der Waals surface area contributed by atoms with Gasteiger partial charge in [0.05, 0.1) is 12.7 Å². The van der Waals surface area contributed by atoms with Gasteiger partial charge in [0.25, 0.3) is 5.91 Å². The Morgan fingerprint density at radius 2 is 1.77 bits per heavy atom. The number of hydrogen-bond acceptors (Lipinski definition) is 2. The second kappa shape index (κ2) is 8.23. The van der Waals surface area contributed by atoms with Crippen LogP contribution in [0.5, 0.6) is 5.75 Å². The van der Waals surface area contributed by atoms with Crippen molar-refractivity contribution in [2.45, 2.75) is 25.7 Å². The van der Waals surface area contributed by atoms with E-state index in [1.54, 1.807) is 19.2 Å². The lowest BCUT2D eigenvalue weighted by atomic mass is 9.94. The summed E-state index contributed by atoms with van der Waals surface area (Å²) in [6.07, 6.45) is 2.14. The number of methoxy groups -OCH3 is 1. The SMILES string of the molecule is CCCC(CNC(=O)c1ccccc1OC)c1ccccc1. The van der Waals surface area contributed by atoms with Crippen LogP contribution < -0.4 is 10.1 Å². The van der Waals surface area contributed by atoms with Crippen molar-refractivity contribution in [2.75, 3.05) is 13.7 Å². The summed E-state index contributed by atoms with van der Waals surface area (Å²) in [5, 5.41) is 3.04. The molecular weight excluding hydrogens is 274 g/mol. The fourth-order valence-electron chi connectivity index (χ4n) is 2.60. The number of carbonyl (C=O) groups excluding carboxylic acids is 1. The van der Waals surface area contributed by atoms with Gasteiger partial charge < -0.3 is 10.1 Å². The van der Waals surface area contributed by atoms with E-state index in [1.807, 2.05) is 30.3 Å². The highest BCUT2D eigenvalue weighted by Crippen LogP contribution is 2.21. The van der Waals surface area contributed by atoms with Crippen LogP contribution in [0.4, 0.5) is 0 Å². The topological polar surface area (TPSA) is 38.3 Å². The molecule has 3 nitrogen and oxygen atoms in total. The van der Waals surface area contributed by atoms with Gasteiger partial charge in [-0.05, 0) is 24.1 Å². The lowest BCUT2D eigenvalue weighted by Gasteiger charge is -2.18. The fourth-order valence-corrected chi connectivity index (χ4v) is 2.60. The Morgan fingerprint density at radius 1 is 1.09 bits per heavy atom. The highest BCUT2D eigenvalue weighted by Gasteiger charge is 2.15. The Kier molecular flexibility index (Phi) is 6.01. The van der Waals surface area contributed by atoms with Crippen LogP contribution in [0.2, 0.25) is 0 Å². The molecule has 0 fully saturated rings. The van der Waals surface area contributed by atoms with Crippen molar-refractivity contribution in [3.05, 3.63) is 65.7 Å². The van der Waals surface area contributed by atoms with Gasteiger partial charge in [0.2, 0.25) is 0 Å². The van der Waals surface area contributed by atoms with Gasteiger partial charge in [-0.1, -0.05) is 55.8 Å². The van der Waals surface area contributed by atoms with Crippen LogP contribution in [0.1, 0.15) is 41.6 Å². The van der Waals surface area contributed by atoms with Gasteiger partial charge in [0.1, 0.15) is 5.75 Å². The van der Waals surface area contributed by atoms with Gasteiger partial charge >= 0.3 is 0 Å². The molecule has 0 radical (unpaired) electrons. The Bertz CT molecular complexity index is 595. The van der Waals surface area contributed by atoms with Gasteiger partial charge in [0.15, 0.2) is 0 Å². The molecule has 1 unspecified atom stereocenters. The molecule has 0 bridgehead atoms. The molecule has 0 heterocycles. The van der Waals surface area contributed by atoms with E-state index in [0.29, 0.717) is 23.8 Å². The van der Waals surface area contributed by atoms with E-state index in [9.17, 15) is 4.79 Å². The van der Waals surface area contributed by atoms with E-state index in [-0.39, 0.29) is 5.91 Å². The summed E-state index contributed by atoms with van der Waals surface area (Å²) in [6, 6.07) is 17.6. The van der Waals surface area contributed by atoms with Crippen molar-refractivity contribution >= 4 is 5.91 Å². The minimum Gasteiger partial charge on any atom is -0.496 e. The van der Waals surface area contributed by atoms with Crippen LogP contribution >= 0.6 is 0 Å². The highest BCUT2D eigenvalue weighted by atomic mass is 16.5. The molecule has 2 aromatic rings. The van der Waals surface area contributed by atoms with Crippen LogP contribution in [-0.2, 0) is 0 Å². The molecule has 0 spiro atoms. The van der Waals surface area contributed by atoms with Crippen molar-refractivity contribution in [3.63, 3.8) is 0 Å². The number of para-hydroxylation sites is 1. The highest BCUT2D eigenvalue weighted by molar-refractivity contribution is 5.96. The lowest BCUT2D eigenvalue weighted by molar-refractivity contribution is 0.0947. The minimum atomic E-state index is -0.0884. The molecule has 0 aliphatic carbocycles. The fraction of sp³-hybridized carbons (Fsp3) is 0.316. The predicted molar refractivity (Wildman–Crippen MR) is 89.4 cm³/mol. The van der Waals surface area contributed by atoms with E-state index >= 15 is 0 Å². The van der Waals surface area contributed by atoms with E-state index < -0.39 is 0 Å². The minimum absolute atomic E-state index is 0.0884. The van der Waals surface area contributed by atoms with E-state index in [4.69, 9.17) is 4.74 Å². The number of carbonyl (C=O) groups is 1. The quantitative estimate of drug-likeness (QED) is 0.838. The first-order valence-corrected chi connectivity index (χ1v) is 7.72. The van der Waals surface area contributed by atoms with Crippen molar-refractivity contribution in [1.29, 1.82) is 0 Å². The van der Waals surface area contributed by atoms with Crippen molar-refractivity contribution in [3.8, 4) is 5.75 Å². The molecular formula is C19H23NO2. The Hall–Kier alpha value is -2.29. The van der Waals surface area contributed by atoms with Gasteiger partial charge in [-0.15, -0.1) is 0 Å². The average molecular weight is 297 g/mol. The van der Waals surface area contributed by atoms with Crippen LogP contribution in [-0.4, -0.2) is 19.6 Å². The second-order valence-corrected chi connectivity index (χ2v) is 5.31. The summed E-state index contributed by atoms with van der Waals surface area (Å²) in [4.78, 5) is 12.4. The standard InChI is InChI=1S/C19H23NO2/c1-3-9-16(15-10-5-4-6-11-15)14-20-19(21)17-12-7-8-13-18(17)22-2/h4-8,10-13,16H,3,9,14H2,1-2H3,(H,20,21). The largest absolute Gasteiger partial charge is 0.496 e. The summed E-state index contributed by atoms with van der Waals surface area (Å²) < 4.78 is 5.24. The summed E-state index contributed by atoms with van der Waals surface area (Å²) in [6.45, 7) is 2.80. The first-order chi connectivity index (χ1) is 10.8. The first kappa shape index (κ1) is 16.1. The first-order valence-electron chi connectivity index (χ1n) is 7.72. The zero-order valence-corrected chi connectivity index (χ0v) is 13.2. The monoisotopic (exact) mass is 297 g/mol. The molecule has 1 atom stereocenters. The molecule has 0 aromatic heterocycles.